The van der Waals surface area contributed by atoms with Gasteiger partial charge in [-0.25, -0.2) is 0 Å². The van der Waals surface area contributed by atoms with E-state index in [1.165, 1.54) is 30.1 Å². The van der Waals surface area contributed by atoms with Crippen molar-refractivity contribution in [1.29, 1.82) is 0 Å². The van der Waals surface area contributed by atoms with Crippen molar-refractivity contribution >= 4 is 86.8 Å². The predicted molar refractivity (Wildman–Crippen MR) is 199 cm³/mol. The zero-order chi connectivity index (χ0) is 31.4. The zero-order valence-electron chi connectivity index (χ0n) is 24.1. The molecule has 0 fully saturated rings. The maximum Gasteiger partial charge on any atom is 0.114 e. The van der Waals surface area contributed by atoms with Gasteiger partial charge in [-0.1, -0.05) is 6.07 Å². The van der Waals surface area contributed by atoms with Crippen molar-refractivity contribution in [2.45, 2.75) is 25.9 Å². The Balaban J connectivity index is 1.25. The van der Waals surface area contributed by atoms with Gasteiger partial charge in [-0.15, -0.1) is 68.0 Å². The van der Waals surface area contributed by atoms with Crippen LogP contribution in [0.2, 0.25) is 0 Å². The van der Waals surface area contributed by atoms with Gasteiger partial charge in [0.15, 0.2) is 0 Å². The van der Waals surface area contributed by atoms with Crippen LogP contribution in [0.25, 0.3) is 60.6 Å². The molecule has 0 aliphatic carbocycles. The topological polar surface area (TPSA) is 80.9 Å². The van der Waals surface area contributed by atoms with Gasteiger partial charge in [0, 0.05) is 43.2 Å². The van der Waals surface area contributed by atoms with E-state index < -0.39 is 6.10 Å². The van der Waals surface area contributed by atoms with Crippen LogP contribution >= 0.6 is 68.0 Å². The van der Waals surface area contributed by atoms with Gasteiger partial charge in [-0.05, 0) is 127 Å². The number of rotatable bonds is 9. The summed E-state index contributed by atoms with van der Waals surface area (Å²) in [6.07, 6.45) is -0.925. The number of hydrogen-bond donors (Lipinski definition) is 4. The molecule has 0 amide bonds. The van der Waals surface area contributed by atoms with Crippen molar-refractivity contribution in [2.75, 3.05) is 0 Å². The first-order valence-corrected chi connectivity index (χ1v) is 19.6. The molecule has 4 N–H and O–H groups in total. The lowest BCUT2D eigenvalue weighted by atomic mass is 9.93. The van der Waals surface area contributed by atoms with E-state index in [0.29, 0.717) is 0 Å². The summed E-state index contributed by atoms with van der Waals surface area (Å²) < 4.78 is 4.89. The Bertz CT molecular complexity index is 2260. The number of aliphatic hydroxyl groups excluding tert-OH is 4. The van der Waals surface area contributed by atoms with Crippen LogP contribution in [0.3, 0.4) is 0 Å². The summed E-state index contributed by atoms with van der Waals surface area (Å²) in [4.78, 5) is 4.94. The molecular weight excluding hydrogens is 689 g/mol. The summed E-state index contributed by atoms with van der Waals surface area (Å²) in [5.41, 5.74) is 6.82. The van der Waals surface area contributed by atoms with Crippen LogP contribution in [0.5, 0.6) is 0 Å². The number of benzene rings is 2. The second kappa shape index (κ2) is 12.6. The van der Waals surface area contributed by atoms with E-state index in [1.54, 1.807) is 56.7 Å². The third-order valence-electron chi connectivity index (χ3n) is 8.17. The molecule has 2 aromatic carbocycles. The van der Waals surface area contributed by atoms with Crippen LogP contribution in [-0.4, -0.2) is 20.4 Å². The van der Waals surface area contributed by atoms with Crippen LogP contribution in [0.1, 0.15) is 33.2 Å². The van der Waals surface area contributed by atoms with Crippen molar-refractivity contribution < 1.29 is 20.4 Å². The predicted octanol–water partition coefficient (Wildman–Crippen LogP) is 10.6. The summed E-state index contributed by atoms with van der Waals surface area (Å²) in [6.45, 7) is -0.423. The summed E-state index contributed by atoms with van der Waals surface area (Å²) >= 11 is 9.97. The number of aliphatic hydroxyl groups is 4. The van der Waals surface area contributed by atoms with Crippen molar-refractivity contribution in [2.24, 2.45) is 0 Å². The molecule has 0 saturated heterocycles. The lowest BCUT2D eigenvalue weighted by molar-refractivity contribution is 0.224. The average Bonchev–Trinajstić information content (AvgIpc) is 3.91. The monoisotopic (exact) mass is 714 g/mol. The Morgan fingerprint density at radius 2 is 1.07 bits per heavy atom. The maximum absolute atomic E-state index is 12.1. The molecular formula is C36H26O4S6. The van der Waals surface area contributed by atoms with E-state index in [4.69, 9.17) is 0 Å². The molecule has 230 valence electrons. The fourth-order valence-electron chi connectivity index (χ4n) is 5.91. The molecule has 0 bridgehead atoms. The SMILES string of the molecule is OCc1cc(CO)c(-c2ccc(C(O)c3cc(CO)c(-c4cc5sccc5s4)cc3-c3cc4sccc4s3)s2)cc1-c1cccs1. The normalized spacial score (nSPS) is 12.5. The lowest BCUT2D eigenvalue weighted by Gasteiger charge is -2.18. The molecule has 4 nitrogen and oxygen atoms in total. The smallest absolute Gasteiger partial charge is 0.114 e. The second-order valence-corrected chi connectivity index (χ2v) is 17.0. The number of fused-ring (bicyclic) bond motifs is 2. The summed E-state index contributed by atoms with van der Waals surface area (Å²) in [6, 6.07) is 24.7. The molecule has 6 heterocycles. The third-order valence-corrected chi connectivity index (χ3v) is 14.5. The summed E-state index contributed by atoms with van der Waals surface area (Å²) in [5, 5.41) is 49.2. The van der Waals surface area contributed by atoms with Crippen LogP contribution in [-0.2, 0) is 19.8 Å². The van der Waals surface area contributed by atoms with Crippen LogP contribution < -0.4 is 0 Å². The first-order valence-electron chi connectivity index (χ1n) is 14.5. The Kier molecular flexibility index (Phi) is 8.28. The molecule has 1 atom stereocenters. The van der Waals surface area contributed by atoms with Crippen LogP contribution in [0.4, 0.5) is 0 Å². The molecule has 46 heavy (non-hydrogen) atoms. The highest BCUT2D eigenvalue weighted by Crippen LogP contribution is 2.47. The molecule has 1 unspecified atom stereocenters. The van der Waals surface area contributed by atoms with Crippen LogP contribution in [0.15, 0.2) is 88.9 Å². The maximum atomic E-state index is 12.1. The van der Waals surface area contributed by atoms with Crippen molar-refractivity contribution in [3.63, 3.8) is 0 Å². The first-order chi connectivity index (χ1) is 22.5. The molecule has 0 aliphatic rings. The Morgan fingerprint density at radius 3 is 1.67 bits per heavy atom. The zero-order valence-corrected chi connectivity index (χ0v) is 29.0. The first kappa shape index (κ1) is 30.3. The summed E-state index contributed by atoms with van der Waals surface area (Å²) in [7, 11) is 0. The Hall–Kier alpha value is -3.00. The molecule has 0 saturated carbocycles. The van der Waals surface area contributed by atoms with Gasteiger partial charge in [0.1, 0.15) is 6.10 Å². The largest absolute Gasteiger partial charge is 0.392 e. The standard InChI is InChI=1S/C36H26O4S6/c37-16-19-10-20(17-38)23(12-22(19)27-2-1-7-41-27)28-3-4-31(44-28)36(40)26-11-21(18-39)24(32-14-34-29(45-32)5-8-42-34)13-25(26)33-15-35-30(46-33)6-9-43-35/h1-15,36-40H,16-18H2. The molecule has 0 radical (unpaired) electrons. The highest BCUT2D eigenvalue weighted by Gasteiger charge is 2.24. The fourth-order valence-corrected chi connectivity index (χ4v) is 12.1. The molecule has 0 spiro atoms. The number of thiophene rings is 6. The lowest BCUT2D eigenvalue weighted by Crippen LogP contribution is -2.03. The highest BCUT2D eigenvalue weighted by atomic mass is 32.1. The summed E-state index contributed by atoms with van der Waals surface area (Å²) in [5.74, 6) is 0. The van der Waals surface area contributed by atoms with Gasteiger partial charge >= 0.3 is 0 Å². The van der Waals surface area contributed by atoms with E-state index in [2.05, 4.69) is 41.1 Å². The van der Waals surface area contributed by atoms with E-state index in [-0.39, 0.29) is 19.8 Å². The van der Waals surface area contributed by atoms with Gasteiger partial charge in [0.2, 0.25) is 0 Å². The third kappa shape index (κ3) is 5.32. The van der Waals surface area contributed by atoms with Gasteiger partial charge in [-0.3, -0.25) is 0 Å². The molecule has 8 aromatic rings. The minimum atomic E-state index is -0.925. The fraction of sp³-hybridized carbons (Fsp3) is 0.111. The minimum Gasteiger partial charge on any atom is -0.392 e. The van der Waals surface area contributed by atoms with E-state index in [0.717, 1.165) is 68.9 Å². The molecule has 8 rings (SSSR count). The average molecular weight is 715 g/mol. The van der Waals surface area contributed by atoms with E-state index in [1.807, 2.05) is 47.8 Å². The minimum absolute atomic E-state index is 0.120. The Labute approximate surface area is 289 Å². The molecule has 0 aliphatic heterocycles. The van der Waals surface area contributed by atoms with Gasteiger partial charge in [-0.2, -0.15) is 0 Å². The van der Waals surface area contributed by atoms with Gasteiger partial charge in [0.25, 0.3) is 0 Å². The van der Waals surface area contributed by atoms with Gasteiger partial charge < -0.3 is 20.4 Å². The van der Waals surface area contributed by atoms with Crippen LogP contribution in [0, 0.1) is 0 Å². The van der Waals surface area contributed by atoms with E-state index >= 15 is 0 Å². The highest BCUT2D eigenvalue weighted by molar-refractivity contribution is 7.29. The quantitative estimate of drug-likeness (QED) is 0.120. The van der Waals surface area contributed by atoms with Gasteiger partial charge in [0.05, 0.1) is 19.8 Å². The molecule has 10 heteroatoms. The molecule has 6 aromatic heterocycles. The van der Waals surface area contributed by atoms with Crippen molar-refractivity contribution in [3.8, 4) is 41.8 Å². The number of hydrogen-bond acceptors (Lipinski definition) is 10. The van der Waals surface area contributed by atoms with E-state index in [9.17, 15) is 20.4 Å². The van der Waals surface area contributed by atoms with Crippen molar-refractivity contribution in [3.05, 3.63) is 116 Å². The second-order valence-electron chi connectivity index (χ2n) is 10.8. The Morgan fingerprint density at radius 1 is 0.478 bits per heavy atom. The van der Waals surface area contributed by atoms with Crippen molar-refractivity contribution in [1.82, 2.24) is 0 Å².